The largest absolute Gasteiger partial charge is 0.481 e. The Morgan fingerprint density at radius 1 is 0.894 bits per heavy atom. The minimum atomic E-state index is -1.62. The summed E-state index contributed by atoms with van der Waals surface area (Å²) in [7, 11) is 0. The molecule has 5 aliphatic carbocycles. The zero-order valence-corrected chi connectivity index (χ0v) is 28.8. The van der Waals surface area contributed by atoms with E-state index < -0.39 is 83.3 Å². The second-order valence-corrected chi connectivity index (χ2v) is 17.9. The van der Waals surface area contributed by atoms with E-state index in [4.69, 9.17) is 9.47 Å². The van der Waals surface area contributed by atoms with Gasteiger partial charge in [0.1, 0.15) is 24.4 Å². The lowest BCUT2D eigenvalue weighted by atomic mass is 9.33. The quantitative estimate of drug-likeness (QED) is 0.158. The fourth-order valence-electron chi connectivity index (χ4n) is 12.3. The highest BCUT2D eigenvalue weighted by atomic mass is 16.7. The van der Waals surface area contributed by atoms with E-state index in [2.05, 4.69) is 26.8 Å². The Labute approximate surface area is 278 Å². The topological polar surface area (TPSA) is 197 Å². The number of aliphatic hydroxyl groups excluding tert-OH is 7. The summed E-state index contributed by atoms with van der Waals surface area (Å²) in [5.41, 5.74) is -2.05. The van der Waals surface area contributed by atoms with Crippen LogP contribution in [0.15, 0.2) is 11.6 Å². The first-order valence-electron chi connectivity index (χ1n) is 17.6. The van der Waals surface area contributed by atoms with Gasteiger partial charge in [-0.3, -0.25) is 4.79 Å². The van der Waals surface area contributed by atoms with E-state index in [0.29, 0.717) is 25.7 Å². The zero-order valence-electron chi connectivity index (χ0n) is 28.8. The van der Waals surface area contributed by atoms with Crippen LogP contribution in [0.1, 0.15) is 92.9 Å². The van der Waals surface area contributed by atoms with Crippen molar-refractivity contribution in [3.05, 3.63) is 11.6 Å². The SMILES string of the molecule is CC1(C)C[C@H]2C3=CC[C@@H]4[C@@]5(C)C[C@@H](O)[C@H](O[C@@H]6O[C@H](CO)[C@@H](O)[C@H](O)[C@H]6O)[C@@](C)(CO)[C@@H]5CC[C@@]4(C)[C@]3(C)CC[C@@]2(C(=O)O)C[C@@H]1O. The number of aliphatic hydroxyl groups is 7. The molecule has 47 heavy (non-hydrogen) atoms. The van der Waals surface area contributed by atoms with Crippen molar-refractivity contribution >= 4 is 5.97 Å². The van der Waals surface area contributed by atoms with Crippen LogP contribution in [-0.2, 0) is 14.3 Å². The highest BCUT2D eigenvalue weighted by Crippen LogP contribution is 2.76. The van der Waals surface area contributed by atoms with E-state index in [1.807, 2.05) is 20.8 Å². The Hall–Kier alpha value is -1.15. The highest BCUT2D eigenvalue weighted by molar-refractivity contribution is 5.77. The maximum atomic E-state index is 13.0. The Morgan fingerprint density at radius 3 is 2.19 bits per heavy atom. The molecule has 5 fully saturated rings. The molecule has 0 aromatic rings. The Kier molecular flexibility index (Phi) is 8.68. The van der Waals surface area contributed by atoms with Crippen LogP contribution in [0, 0.1) is 50.2 Å². The molecule has 1 heterocycles. The molecule has 0 aromatic carbocycles. The molecule has 0 radical (unpaired) electrons. The van der Waals surface area contributed by atoms with Crippen LogP contribution in [0.2, 0.25) is 0 Å². The lowest BCUT2D eigenvalue weighted by molar-refractivity contribution is -0.345. The van der Waals surface area contributed by atoms with Gasteiger partial charge in [-0.05, 0) is 90.8 Å². The van der Waals surface area contributed by atoms with Crippen LogP contribution in [0.3, 0.4) is 0 Å². The molecule has 16 atom stereocenters. The first-order chi connectivity index (χ1) is 21.8. The predicted octanol–water partition coefficient (Wildman–Crippen LogP) is 1.97. The molecule has 268 valence electrons. The molecular weight excluding hydrogens is 608 g/mol. The molecule has 11 nitrogen and oxygen atoms in total. The summed E-state index contributed by atoms with van der Waals surface area (Å²) in [6.07, 6.45) is -3.01. The molecule has 0 aromatic heterocycles. The minimum Gasteiger partial charge on any atom is -0.481 e. The molecule has 0 spiro atoms. The number of carbonyl (C=O) groups is 1. The minimum absolute atomic E-state index is 0.0830. The average Bonchev–Trinajstić information content (AvgIpc) is 3.00. The molecule has 6 rings (SSSR count). The Balaban J connectivity index is 1.34. The smallest absolute Gasteiger partial charge is 0.310 e. The number of rotatable bonds is 5. The van der Waals surface area contributed by atoms with Crippen molar-refractivity contribution in [3.63, 3.8) is 0 Å². The zero-order chi connectivity index (χ0) is 34.7. The fraction of sp³-hybridized carbons (Fsp3) is 0.917. The molecule has 0 unspecified atom stereocenters. The van der Waals surface area contributed by atoms with Gasteiger partial charge in [0.15, 0.2) is 6.29 Å². The lowest BCUT2D eigenvalue weighted by Crippen LogP contribution is -2.69. The van der Waals surface area contributed by atoms with E-state index in [-0.39, 0.29) is 41.6 Å². The Bertz CT molecular complexity index is 1270. The maximum absolute atomic E-state index is 13.0. The van der Waals surface area contributed by atoms with Crippen molar-refractivity contribution in [1.29, 1.82) is 0 Å². The van der Waals surface area contributed by atoms with Crippen LogP contribution in [0.5, 0.6) is 0 Å². The highest BCUT2D eigenvalue weighted by Gasteiger charge is 2.71. The van der Waals surface area contributed by atoms with E-state index in [1.165, 1.54) is 5.57 Å². The molecule has 6 aliphatic rings. The summed E-state index contributed by atoms with van der Waals surface area (Å²) in [6, 6.07) is 0. The molecule has 0 bridgehead atoms. The van der Waals surface area contributed by atoms with E-state index in [9.17, 15) is 45.6 Å². The number of hydrogen-bond acceptors (Lipinski definition) is 10. The van der Waals surface area contributed by atoms with Crippen molar-refractivity contribution < 1.29 is 55.1 Å². The predicted molar refractivity (Wildman–Crippen MR) is 170 cm³/mol. The third kappa shape index (κ3) is 4.74. The van der Waals surface area contributed by atoms with E-state index in [0.717, 1.165) is 19.3 Å². The average molecular weight is 667 g/mol. The number of allylic oxidation sites excluding steroid dienone is 2. The standard InChI is InChI=1S/C36H58O11/c1-31(2)13-19-18-7-8-23-32(3)14-20(39)28(47-29-27(43)26(42)25(41)21(16-37)46-29)33(4,17-38)22(32)9-10-35(23,6)34(18,5)11-12-36(19,30(44)45)15-24(31)40/h7,19-29,37-43H,8-17H2,1-6H3,(H,44,45)/t19-,20+,21+,22+,23+,24-,25+,26-,27+,28-,29-,32-,33-,34+,35+,36+/m0/s1. The van der Waals surface area contributed by atoms with Gasteiger partial charge >= 0.3 is 5.97 Å². The number of hydrogen-bond donors (Lipinski definition) is 8. The first kappa shape index (κ1) is 35.7. The summed E-state index contributed by atoms with van der Waals surface area (Å²) in [4.78, 5) is 13.0. The second-order valence-electron chi connectivity index (χ2n) is 17.9. The van der Waals surface area contributed by atoms with Crippen LogP contribution >= 0.6 is 0 Å². The van der Waals surface area contributed by atoms with Gasteiger partial charge in [-0.15, -0.1) is 0 Å². The normalized spacial score (nSPS) is 55.5. The van der Waals surface area contributed by atoms with Crippen LogP contribution < -0.4 is 0 Å². The van der Waals surface area contributed by atoms with Gasteiger partial charge in [0.25, 0.3) is 0 Å². The van der Waals surface area contributed by atoms with E-state index >= 15 is 0 Å². The summed E-state index contributed by atoms with van der Waals surface area (Å²) in [5, 5.41) is 85.7. The summed E-state index contributed by atoms with van der Waals surface area (Å²) in [5.74, 6) is -0.949. The molecule has 4 saturated carbocycles. The third-order valence-electron chi connectivity index (χ3n) is 15.4. The van der Waals surface area contributed by atoms with Crippen molar-refractivity contribution in [2.24, 2.45) is 50.2 Å². The number of aliphatic carboxylic acids is 1. The molecule has 0 amide bonds. The number of carboxylic acids is 1. The fourth-order valence-corrected chi connectivity index (χ4v) is 12.3. The summed E-state index contributed by atoms with van der Waals surface area (Å²) >= 11 is 0. The summed E-state index contributed by atoms with van der Waals surface area (Å²) in [6.45, 7) is 12.0. The molecule has 1 saturated heterocycles. The summed E-state index contributed by atoms with van der Waals surface area (Å²) < 4.78 is 11.9. The van der Waals surface area contributed by atoms with Gasteiger partial charge in [0, 0.05) is 5.41 Å². The van der Waals surface area contributed by atoms with Gasteiger partial charge < -0.3 is 50.3 Å². The second kappa shape index (κ2) is 11.4. The molecular formula is C36H58O11. The van der Waals surface area contributed by atoms with Gasteiger partial charge in [-0.1, -0.05) is 53.2 Å². The number of fused-ring (bicyclic) bond motifs is 7. The maximum Gasteiger partial charge on any atom is 0.310 e. The van der Waals surface area contributed by atoms with Gasteiger partial charge in [-0.25, -0.2) is 0 Å². The molecule has 11 heteroatoms. The lowest BCUT2D eigenvalue weighted by Gasteiger charge is -2.72. The van der Waals surface area contributed by atoms with Gasteiger partial charge in [0.05, 0.1) is 36.9 Å². The van der Waals surface area contributed by atoms with Crippen LogP contribution in [0.4, 0.5) is 0 Å². The number of ether oxygens (including phenoxy) is 2. The Morgan fingerprint density at radius 2 is 1.57 bits per heavy atom. The first-order valence-corrected chi connectivity index (χ1v) is 17.6. The molecule has 1 aliphatic heterocycles. The van der Waals surface area contributed by atoms with Crippen molar-refractivity contribution in [2.45, 2.75) is 142 Å². The van der Waals surface area contributed by atoms with Crippen molar-refractivity contribution in [3.8, 4) is 0 Å². The van der Waals surface area contributed by atoms with E-state index in [1.54, 1.807) is 0 Å². The number of carboxylic acid groups (broad SMARTS) is 1. The van der Waals surface area contributed by atoms with Crippen molar-refractivity contribution in [1.82, 2.24) is 0 Å². The third-order valence-corrected chi connectivity index (χ3v) is 15.4. The van der Waals surface area contributed by atoms with Crippen LogP contribution in [-0.4, -0.2) is 109 Å². The molecule has 8 N–H and O–H groups in total. The monoisotopic (exact) mass is 666 g/mol. The van der Waals surface area contributed by atoms with Crippen molar-refractivity contribution in [2.75, 3.05) is 13.2 Å². The van der Waals surface area contributed by atoms with Crippen LogP contribution in [0.25, 0.3) is 0 Å². The van der Waals surface area contributed by atoms with Gasteiger partial charge in [-0.2, -0.15) is 0 Å². The van der Waals surface area contributed by atoms with Gasteiger partial charge in [0.2, 0.25) is 0 Å².